The molecule has 28 heavy (non-hydrogen) atoms. The van der Waals surface area contributed by atoms with E-state index in [0.717, 1.165) is 5.56 Å². The molecule has 144 valence electrons. The molecule has 1 aromatic carbocycles. The quantitative estimate of drug-likeness (QED) is 0.572. The van der Waals surface area contributed by atoms with Crippen molar-refractivity contribution in [3.05, 3.63) is 54.4 Å². The van der Waals surface area contributed by atoms with Gasteiger partial charge in [-0.3, -0.25) is 4.79 Å². The first-order chi connectivity index (χ1) is 13.5. The lowest BCUT2D eigenvalue weighted by Crippen LogP contribution is -2.21. The third kappa shape index (κ3) is 3.20. The van der Waals surface area contributed by atoms with E-state index in [1.165, 1.54) is 11.2 Å². The average molecular weight is 380 g/mol. The van der Waals surface area contributed by atoms with E-state index in [2.05, 4.69) is 20.2 Å². The summed E-state index contributed by atoms with van der Waals surface area (Å²) in [6.45, 7) is 0. The molecule has 1 amide bonds. The van der Waals surface area contributed by atoms with Crippen LogP contribution >= 0.6 is 0 Å². The van der Waals surface area contributed by atoms with Gasteiger partial charge in [0.15, 0.2) is 17.3 Å². The number of nitrogens with two attached hydrogens (primary N) is 1. The fraction of sp³-hybridized carbons (Fsp3) is 0.105. The van der Waals surface area contributed by atoms with Crippen LogP contribution in [0.1, 0.15) is 13.2 Å². The molecule has 0 aliphatic rings. The molecule has 0 saturated carbocycles. The second kappa shape index (κ2) is 6.95. The maximum atomic E-state index is 12.0. The number of carbonyl (C=O) groups is 1. The molecule has 0 saturated heterocycles. The van der Waals surface area contributed by atoms with Crippen LogP contribution in [-0.2, 0) is 0 Å². The molecule has 0 bridgehead atoms. The summed E-state index contributed by atoms with van der Waals surface area (Å²) in [5.41, 5.74) is 8.14. The summed E-state index contributed by atoms with van der Waals surface area (Å²) in [5.74, 6) is 0.892. The van der Waals surface area contributed by atoms with E-state index in [1.807, 2.05) is 0 Å². The summed E-state index contributed by atoms with van der Waals surface area (Å²) < 4.78 is 10.9. The molecule has 0 radical (unpaired) electrons. The van der Waals surface area contributed by atoms with Gasteiger partial charge >= 0.3 is 0 Å². The number of nitrogens with zero attached hydrogens (tertiary/aromatic N) is 5. The number of amides is 1. The zero-order valence-corrected chi connectivity index (χ0v) is 15.2. The van der Waals surface area contributed by atoms with E-state index in [0.29, 0.717) is 17.0 Å². The van der Waals surface area contributed by atoms with Gasteiger partial charge in [-0.1, -0.05) is 12.1 Å². The first-order valence-electron chi connectivity index (χ1n) is 8.35. The van der Waals surface area contributed by atoms with Gasteiger partial charge in [-0.25, -0.2) is 9.97 Å². The second-order valence-corrected chi connectivity index (χ2v) is 6.16. The largest absolute Gasteiger partial charge is 0.459 e. The lowest BCUT2D eigenvalue weighted by atomic mass is 10.1. The summed E-state index contributed by atoms with van der Waals surface area (Å²) >= 11 is 0. The highest BCUT2D eigenvalue weighted by atomic mass is 16.4. The van der Waals surface area contributed by atoms with Crippen LogP contribution < -0.4 is 5.73 Å². The fourth-order valence-electron chi connectivity index (χ4n) is 2.56. The van der Waals surface area contributed by atoms with Gasteiger partial charge in [-0.15, -0.1) is 10.2 Å². The van der Waals surface area contributed by atoms with Gasteiger partial charge < -0.3 is 19.5 Å². The van der Waals surface area contributed by atoms with Crippen molar-refractivity contribution in [3.8, 4) is 34.5 Å². The molecule has 0 unspecified atom stereocenters. The van der Waals surface area contributed by atoms with E-state index in [1.54, 1.807) is 56.7 Å². The second-order valence-electron chi connectivity index (χ2n) is 6.16. The van der Waals surface area contributed by atoms with Gasteiger partial charge in [0.25, 0.3) is 17.7 Å². The normalized spacial score (nSPS) is 10.8. The van der Waals surface area contributed by atoms with Crippen LogP contribution in [0.5, 0.6) is 0 Å². The number of anilines is 1. The summed E-state index contributed by atoms with van der Waals surface area (Å²) in [5, 5.41) is 7.94. The molecule has 0 aliphatic heterocycles. The van der Waals surface area contributed by atoms with Crippen molar-refractivity contribution in [1.82, 2.24) is 25.1 Å². The van der Waals surface area contributed by atoms with Gasteiger partial charge in [-0.05, 0) is 24.3 Å². The van der Waals surface area contributed by atoms with E-state index >= 15 is 0 Å². The Bertz CT molecular complexity index is 1130. The lowest BCUT2D eigenvalue weighted by molar-refractivity contribution is 0.0827. The number of hydrogen-bond donors (Lipinski definition) is 1. The van der Waals surface area contributed by atoms with E-state index in [4.69, 9.17) is 14.6 Å². The average Bonchev–Trinajstić information content (AvgIpc) is 3.39. The molecular formula is C19H20N6O3. The van der Waals surface area contributed by atoms with Gasteiger partial charge in [0.2, 0.25) is 0 Å². The smallest absolute Gasteiger partial charge is 0.283 e. The maximum Gasteiger partial charge on any atom is 0.283 e. The predicted octanol–water partition coefficient (Wildman–Crippen LogP) is 3.23. The minimum atomic E-state index is -0.0769. The monoisotopic (exact) mass is 380 g/mol. The van der Waals surface area contributed by atoms with Crippen molar-refractivity contribution in [2.45, 2.75) is 0 Å². The van der Waals surface area contributed by atoms with E-state index < -0.39 is 0 Å². The SMILES string of the molecule is CN(C)C(=O)c1ccc(-c2cnc(N)c(-c3nnc(-c4ccco4)o3)n2)cc1.[HH].[HH]. The molecule has 9 heteroatoms. The van der Waals surface area contributed by atoms with Crippen molar-refractivity contribution in [2.75, 3.05) is 19.8 Å². The number of furan rings is 1. The van der Waals surface area contributed by atoms with E-state index in [-0.39, 0.29) is 32.1 Å². The first kappa shape index (κ1) is 17.4. The van der Waals surface area contributed by atoms with Crippen LogP contribution in [0.2, 0.25) is 0 Å². The van der Waals surface area contributed by atoms with Crippen molar-refractivity contribution in [3.63, 3.8) is 0 Å². The minimum absolute atomic E-state index is 0. The number of benzene rings is 1. The Morgan fingerprint density at radius 2 is 1.86 bits per heavy atom. The Hall–Kier alpha value is -4.01. The summed E-state index contributed by atoms with van der Waals surface area (Å²) in [4.78, 5) is 22.2. The molecule has 9 nitrogen and oxygen atoms in total. The third-order valence-electron chi connectivity index (χ3n) is 3.99. The molecule has 2 N–H and O–H groups in total. The molecule has 4 aromatic rings. The number of rotatable bonds is 4. The predicted molar refractivity (Wildman–Crippen MR) is 105 cm³/mol. The van der Waals surface area contributed by atoms with Crippen LogP contribution in [-0.4, -0.2) is 45.1 Å². The highest BCUT2D eigenvalue weighted by Crippen LogP contribution is 2.28. The Labute approximate surface area is 162 Å². The molecular weight excluding hydrogens is 360 g/mol. The standard InChI is InChI=1S/C19H16N6O3.2H2/c1-25(2)19(26)12-7-5-11(6-8-12)13-10-21-16(20)15(22-13)18-24-23-17(28-18)14-4-3-9-27-14;;/h3-10H,1-2H3,(H2,20,21);2*1H. The maximum absolute atomic E-state index is 12.0. The molecule has 3 heterocycles. The topological polar surface area (TPSA) is 124 Å². The van der Waals surface area contributed by atoms with E-state index in [9.17, 15) is 4.79 Å². The fourth-order valence-corrected chi connectivity index (χ4v) is 2.56. The molecule has 0 atom stereocenters. The van der Waals surface area contributed by atoms with Crippen LogP contribution in [0.4, 0.5) is 5.82 Å². The summed E-state index contributed by atoms with van der Waals surface area (Å²) in [7, 11) is 3.41. The third-order valence-corrected chi connectivity index (χ3v) is 3.99. The summed E-state index contributed by atoms with van der Waals surface area (Å²) in [6, 6.07) is 10.5. The van der Waals surface area contributed by atoms with Gasteiger partial charge in [0, 0.05) is 28.1 Å². The van der Waals surface area contributed by atoms with Crippen molar-refractivity contribution < 1.29 is 16.5 Å². The number of aromatic nitrogens is 4. The van der Waals surface area contributed by atoms with Gasteiger partial charge in [0.05, 0.1) is 18.2 Å². The highest BCUT2D eigenvalue weighted by molar-refractivity contribution is 5.94. The lowest BCUT2D eigenvalue weighted by Gasteiger charge is -2.10. The van der Waals surface area contributed by atoms with Crippen molar-refractivity contribution in [2.24, 2.45) is 0 Å². The molecule has 0 fully saturated rings. The summed E-state index contributed by atoms with van der Waals surface area (Å²) in [6.07, 6.45) is 3.06. The molecule has 3 aromatic heterocycles. The van der Waals surface area contributed by atoms with Crippen LogP contribution in [0.3, 0.4) is 0 Å². The molecule has 4 rings (SSSR count). The number of hydrogen-bond acceptors (Lipinski definition) is 8. The molecule has 0 spiro atoms. The highest BCUT2D eigenvalue weighted by Gasteiger charge is 2.18. The van der Waals surface area contributed by atoms with Crippen molar-refractivity contribution >= 4 is 11.7 Å². The zero-order valence-electron chi connectivity index (χ0n) is 15.2. The minimum Gasteiger partial charge on any atom is -0.459 e. The first-order valence-corrected chi connectivity index (χ1v) is 8.35. The molecule has 0 aliphatic carbocycles. The Morgan fingerprint density at radius 1 is 1.11 bits per heavy atom. The number of nitrogen functional groups attached to an aromatic ring is 1. The zero-order chi connectivity index (χ0) is 19.7. The van der Waals surface area contributed by atoms with Gasteiger partial charge in [-0.2, -0.15) is 0 Å². The Kier molecular flexibility index (Phi) is 4.32. The Balaban J connectivity index is 0.00000160. The number of carbonyl (C=O) groups excluding carboxylic acids is 1. The van der Waals surface area contributed by atoms with Crippen LogP contribution in [0, 0.1) is 0 Å². The van der Waals surface area contributed by atoms with Crippen molar-refractivity contribution in [1.29, 1.82) is 0 Å². The van der Waals surface area contributed by atoms with Crippen LogP contribution in [0.15, 0.2) is 57.7 Å². The van der Waals surface area contributed by atoms with Crippen LogP contribution in [0.25, 0.3) is 34.5 Å². The van der Waals surface area contributed by atoms with Gasteiger partial charge in [0.1, 0.15) is 0 Å². The Morgan fingerprint density at radius 3 is 2.54 bits per heavy atom.